The number of carbonyl (C=O) groups excluding carboxylic acids is 4. The molecule has 0 saturated heterocycles. The van der Waals surface area contributed by atoms with Gasteiger partial charge in [0.2, 0.25) is 0 Å². The quantitative estimate of drug-likeness (QED) is 0.0222. The van der Waals surface area contributed by atoms with Gasteiger partial charge in [-0.3, -0.25) is 37.3 Å². The molecule has 0 aliphatic heterocycles. The van der Waals surface area contributed by atoms with E-state index in [4.69, 9.17) is 37.0 Å². The Morgan fingerprint density at radius 1 is 0.252 bits per heavy atom. The predicted molar refractivity (Wildman–Crippen MR) is 460 cm³/mol. The molecule has 0 spiro atoms. The molecule has 0 radical (unpaired) electrons. The van der Waals surface area contributed by atoms with Gasteiger partial charge in [0.05, 0.1) is 26.4 Å². The Balaban J connectivity index is 5.21. The maximum Gasteiger partial charge on any atom is 0.472 e. The van der Waals surface area contributed by atoms with Crippen LogP contribution in [0.1, 0.15) is 486 Å². The van der Waals surface area contributed by atoms with Crippen molar-refractivity contribution < 1.29 is 80.2 Å². The van der Waals surface area contributed by atoms with Crippen LogP contribution in [-0.2, 0) is 65.4 Å². The smallest absolute Gasteiger partial charge is 0.462 e. The number of aliphatic hydroxyl groups excluding tert-OH is 1. The molecule has 19 heteroatoms. The van der Waals surface area contributed by atoms with Crippen LogP contribution in [0.5, 0.6) is 0 Å². The Morgan fingerprint density at radius 2 is 0.432 bits per heavy atom. The van der Waals surface area contributed by atoms with Gasteiger partial charge >= 0.3 is 39.5 Å². The van der Waals surface area contributed by atoms with Crippen LogP contribution in [0.15, 0.2) is 0 Å². The summed E-state index contributed by atoms with van der Waals surface area (Å²) in [6.07, 6.45) is 72.4. The number of unbranched alkanes of at least 4 members (excludes halogenated alkanes) is 54. The first kappa shape index (κ1) is 109. The summed E-state index contributed by atoms with van der Waals surface area (Å²) in [5, 5.41) is 10.7. The molecule has 660 valence electrons. The standard InChI is InChI=1S/C92H180O17P2/c1-9-85(8)71-63-55-47-39-33-27-21-15-11-13-17-23-30-36-42-50-58-66-74-91(96)108-87(78-102-89(94)72-64-56-48-40-34-28-24-18-20-26-32-38-45-53-61-69-83(4)5)80-106-110(98,99)104-76-86(93)77-105-111(100,101)107-81-88(79-103-90(95)73-65-57-51-43-46-54-62-70-84(6)7)109-92(97)75-67-59-49-41-35-29-22-16-12-10-14-19-25-31-37-44-52-60-68-82(2)3/h82-88,93H,9-81H2,1-8H3,(H,98,99)(H,100,101)/t85?,86?,87-,88-/m1/s1. The van der Waals surface area contributed by atoms with Gasteiger partial charge in [0.25, 0.3) is 0 Å². The highest BCUT2D eigenvalue weighted by Crippen LogP contribution is 2.45. The fourth-order valence-electron chi connectivity index (χ4n) is 14.3. The number of phosphoric acid groups is 2. The van der Waals surface area contributed by atoms with Crippen LogP contribution < -0.4 is 0 Å². The minimum absolute atomic E-state index is 0.107. The predicted octanol–water partition coefficient (Wildman–Crippen LogP) is 28.3. The molecule has 0 aliphatic rings. The van der Waals surface area contributed by atoms with Crippen molar-refractivity contribution >= 4 is 39.5 Å². The zero-order chi connectivity index (χ0) is 81.6. The molecule has 0 aliphatic carbocycles. The van der Waals surface area contributed by atoms with Crippen LogP contribution in [0.2, 0.25) is 0 Å². The first-order valence-electron chi connectivity index (χ1n) is 47.2. The van der Waals surface area contributed by atoms with Crippen molar-refractivity contribution in [3.8, 4) is 0 Å². The van der Waals surface area contributed by atoms with Gasteiger partial charge in [-0.1, -0.05) is 434 Å². The van der Waals surface area contributed by atoms with E-state index >= 15 is 0 Å². The van der Waals surface area contributed by atoms with E-state index in [-0.39, 0.29) is 25.7 Å². The van der Waals surface area contributed by atoms with E-state index in [2.05, 4.69) is 55.4 Å². The van der Waals surface area contributed by atoms with Gasteiger partial charge in [0.15, 0.2) is 12.2 Å². The van der Waals surface area contributed by atoms with E-state index in [1.807, 2.05) is 0 Å². The van der Waals surface area contributed by atoms with Gasteiger partial charge in [-0.2, -0.15) is 0 Å². The second-order valence-corrected chi connectivity index (χ2v) is 37.6. The number of esters is 4. The average Bonchev–Trinajstić information content (AvgIpc) is 0.902. The highest BCUT2D eigenvalue weighted by molar-refractivity contribution is 7.47. The van der Waals surface area contributed by atoms with E-state index in [1.165, 1.54) is 283 Å². The molecular formula is C92H180O17P2. The third-order valence-electron chi connectivity index (χ3n) is 21.9. The molecule has 0 aromatic carbocycles. The first-order chi connectivity index (χ1) is 53.6. The Labute approximate surface area is 683 Å². The summed E-state index contributed by atoms with van der Waals surface area (Å²) in [5.41, 5.74) is 0. The lowest BCUT2D eigenvalue weighted by Gasteiger charge is -2.21. The van der Waals surface area contributed by atoms with Crippen molar-refractivity contribution in [3.05, 3.63) is 0 Å². The van der Waals surface area contributed by atoms with Gasteiger partial charge in [-0.25, -0.2) is 9.13 Å². The van der Waals surface area contributed by atoms with Gasteiger partial charge in [-0.15, -0.1) is 0 Å². The van der Waals surface area contributed by atoms with Gasteiger partial charge in [0, 0.05) is 25.7 Å². The fraction of sp³-hybridized carbons (Fsp3) is 0.957. The molecule has 0 heterocycles. The lowest BCUT2D eigenvalue weighted by molar-refractivity contribution is -0.161. The van der Waals surface area contributed by atoms with Crippen molar-refractivity contribution in [2.45, 2.75) is 504 Å². The number of rotatable bonds is 89. The summed E-state index contributed by atoms with van der Waals surface area (Å²) >= 11 is 0. The van der Waals surface area contributed by atoms with E-state index in [9.17, 15) is 43.2 Å². The highest BCUT2D eigenvalue weighted by atomic mass is 31.2. The average molecular weight is 1620 g/mol. The van der Waals surface area contributed by atoms with Crippen LogP contribution in [0, 0.1) is 23.7 Å². The van der Waals surface area contributed by atoms with Crippen molar-refractivity contribution in [1.29, 1.82) is 0 Å². The van der Waals surface area contributed by atoms with Crippen molar-refractivity contribution in [3.63, 3.8) is 0 Å². The zero-order valence-corrected chi connectivity index (χ0v) is 75.4. The second kappa shape index (κ2) is 80.5. The highest BCUT2D eigenvalue weighted by Gasteiger charge is 2.31. The van der Waals surface area contributed by atoms with E-state index in [0.29, 0.717) is 31.6 Å². The van der Waals surface area contributed by atoms with Crippen LogP contribution in [0.25, 0.3) is 0 Å². The molecule has 0 bridgehead atoms. The minimum Gasteiger partial charge on any atom is -0.462 e. The third kappa shape index (κ3) is 84.3. The molecule has 0 saturated carbocycles. The molecule has 17 nitrogen and oxygen atoms in total. The molecule has 0 fully saturated rings. The normalized spacial score (nSPS) is 14.1. The molecule has 4 unspecified atom stereocenters. The maximum atomic E-state index is 13.2. The molecule has 3 N–H and O–H groups in total. The lowest BCUT2D eigenvalue weighted by Crippen LogP contribution is -2.30. The Hall–Kier alpha value is -1.94. The van der Waals surface area contributed by atoms with Gasteiger partial charge in [-0.05, 0) is 49.4 Å². The monoisotopic (exact) mass is 1620 g/mol. The van der Waals surface area contributed by atoms with E-state index in [0.717, 1.165) is 114 Å². The number of ether oxygens (including phenoxy) is 4. The molecule has 6 atom stereocenters. The summed E-state index contributed by atoms with van der Waals surface area (Å²) in [5.74, 6) is 1.10. The Morgan fingerprint density at radius 3 is 0.640 bits per heavy atom. The maximum absolute atomic E-state index is 13.2. The first-order valence-corrected chi connectivity index (χ1v) is 50.2. The second-order valence-electron chi connectivity index (χ2n) is 34.7. The van der Waals surface area contributed by atoms with E-state index in [1.54, 1.807) is 0 Å². The Bertz CT molecular complexity index is 2150. The zero-order valence-electron chi connectivity index (χ0n) is 73.6. The third-order valence-corrected chi connectivity index (χ3v) is 23.8. The number of hydrogen-bond acceptors (Lipinski definition) is 15. The summed E-state index contributed by atoms with van der Waals surface area (Å²) < 4.78 is 69.1. The summed E-state index contributed by atoms with van der Waals surface area (Å²) in [4.78, 5) is 73.4. The number of hydrogen-bond donors (Lipinski definition) is 3. The number of aliphatic hydroxyl groups is 1. The molecule has 0 amide bonds. The van der Waals surface area contributed by atoms with E-state index < -0.39 is 97.5 Å². The molecule has 0 rings (SSSR count). The summed E-state index contributed by atoms with van der Waals surface area (Å²) in [6.45, 7) is 14.4. The van der Waals surface area contributed by atoms with Crippen LogP contribution >= 0.6 is 15.6 Å². The lowest BCUT2D eigenvalue weighted by atomic mass is 9.99. The Kier molecular flexibility index (Phi) is 79.1. The SMILES string of the molecule is CCC(C)CCCCCCCCCCCCCCCCCCCCC(=O)O[C@H](COC(=O)CCCCCCCCCCCCCCCCCC(C)C)COP(=O)(O)OCC(O)COP(=O)(O)OC[C@@H](COC(=O)CCCCCCCCCC(C)C)OC(=O)CCCCCCCCCCCCCCCCCCCCC(C)C. The molecule has 111 heavy (non-hydrogen) atoms. The van der Waals surface area contributed by atoms with Crippen molar-refractivity contribution in [2.24, 2.45) is 23.7 Å². The minimum atomic E-state index is -4.97. The van der Waals surface area contributed by atoms with Crippen LogP contribution in [0.4, 0.5) is 0 Å². The molecule has 0 aromatic heterocycles. The van der Waals surface area contributed by atoms with Crippen LogP contribution in [-0.4, -0.2) is 96.7 Å². The van der Waals surface area contributed by atoms with Gasteiger partial charge < -0.3 is 33.8 Å². The van der Waals surface area contributed by atoms with Crippen molar-refractivity contribution in [1.82, 2.24) is 0 Å². The topological polar surface area (TPSA) is 237 Å². The summed E-state index contributed by atoms with van der Waals surface area (Å²) in [7, 11) is -9.94. The number of carbonyl (C=O) groups is 4. The largest absolute Gasteiger partial charge is 0.472 e. The van der Waals surface area contributed by atoms with Crippen LogP contribution in [0.3, 0.4) is 0 Å². The molecule has 0 aromatic rings. The summed E-state index contributed by atoms with van der Waals surface area (Å²) in [6, 6.07) is 0. The molecular weight excluding hydrogens is 1440 g/mol. The van der Waals surface area contributed by atoms with Crippen molar-refractivity contribution in [2.75, 3.05) is 39.6 Å². The number of phosphoric ester groups is 2. The van der Waals surface area contributed by atoms with Gasteiger partial charge in [0.1, 0.15) is 19.3 Å². The fourth-order valence-corrected chi connectivity index (χ4v) is 15.9.